The lowest BCUT2D eigenvalue weighted by Crippen LogP contribution is -2.21. The van der Waals surface area contributed by atoms with Crippen molar-refractivity contribution < 1.29 is 4.42 Å². The molecule has 4 heteroatoms. The Hall–Kier alpha value is -5.84. The Morgan fingerprint density at radius 3 is 1.93 bits per heavy atom. The largest absolute Gasteiger partial charge is 0.454 e. The number of furan rings is 1. The van der Waals surface area contributed by atoms with Gasteiger partial charge >= 0.3 is 0 Å². The molecule has 0 saturated carbocycles. The van der Waals surface area contributed by atoms with Gasteiger partial charge in [-0.2, -0.15) is 5.01 Å². The van der Waals surface area contributed by atoms with Crippen molar-refractivity contribution in [2.24, 2.45) is 0 Å². The zero-order chi connectivity index (χ0) is 30.2. The van der Waals surface area contributed by atoms with Crippen LogP contribution in [0.15, 0.2) is 174 Å². The first-order valence-electron chi connectivity index (χ1n) is 15.9. The molecule has 3 aliphatic rings. The fourth-order valence-corrected chi connectivity index (χ4v) is 7.46. The summed E-state index contributed by atoms with van der Waals surface area (Å²) in [4.78, 5) is 2.45. The number of hydrogen-bond donors (Lipinski definition) is 0. The maximum absolute atomic E-state index is 6.74. The molecule has 10 rings (SSSR count). The first-order chi connectivity index (χ1) is 22.8. The minimum atomic E-state index is 0.0736. The molecule has 4 heterocycles. The van der Waals surface area contributed by atoms with E-state index in [-0.39, 0.29) is 12.2 Å². The molecule has 3 unspecified atom stereocenters. The van der Waals surface area contributed by atoms with Crippen LogP contribution in [0.3, 0.4) is 0 Å². The van der Waals surface area contributed by atoms with Crippen molar-refractivity contribution in [3.05, 3.63) is 181 Å². The standard InChI is InChI=1S/C42H29N3O/c1-3-13-28(14-4-1)29-23-25-30(26-24-29)37-27-39(45-42(44(37)45)31-15-5-2-6-16-31)43-36-21-11-9-18-33(36)32-17-7-8-19-34(32)41-40(43)35-20-10-12-22-38(35)46-41/h1-27,37,42H. The molecule has 0 spiro atoms. The fraction of sp³-hybridized carbons (Fsp3) is 0.0476. The molecule has 1 fully saturated rings. The lowest BCUT2D eigenvalue weighted by molar-refractivity contribution is 0.348. The Labute approximate surface area is 267 Å². The molecule has 0 aliphatic carbocycles. The van der Waals surface area contributed by atoms with E-state index in [2.05, 4.69) is 179 Å². The van der Waals surface area contributed by atoms with Crippen molar-refractivity contribution in [3.63, 3.8) is 0 Å². The second kappa shape index (κ2) is 9.83. The highest BCUT2D eigenvalue weighted by Gasteiger charge is 2.58. The smallest absolute Gasteiger partial charge is 0.160 e. The summed E-state index contributed by atoms with van der Waals surface area (Å²) < 4.78 is 6.74. The van der Waals surface area contributed by atoms with Gasteiger partial charge in [-0.1, -0.05) is 140 Å². The molecule has 0 amide bonds. The molecule has 1 saturated heterocycles. The van der Waals surface area contributed by atoms with Gasteiger partial charge in [-0.05, 0) is 52.1 Å². The highest BCUT2D eigenvalue weighted by atomic mass is 16.3. The molecule has 3 aliphatic heterocycles. The van der Waals surface area contributed by atoms with Crippen molar-refractivity contribution >= 4 is 22.3 Å². The Morgan fingerprint density at radius 2 is 1.13 bits per heavy atom. The number of benzene rings is 6. The average molecular weight is 592 g/mol. The van der Waals surface area contributed by atoms with E-state index in [1.165, 1.54) is 33.4 Å². The summed E-state index contributed by atoms with van der Waals surface area (Å²) >= 11 is 0. The van der Waals surface area contributed by atoms with Gasteiger partial charge in [0.15, 0.2) is 5.76 Å². The van der Waals surface area contributed by atoms with Gasteiger partial charge in [-0.25, -0.2) is 0 Å². The zero-order valence-electron chi connectivity index (χ0n) is 25.0. The monoisotopic (exact) mass is 591 g/mol. The van der Waals surface area contributed by atoms with Crippen LogP contribution >= 0.6 is 0 Å². The highest BCUT2D eigenvalue weighted by Crippen LogP contribution is 2.61. The summed E-state index contributed by atoms with van der Waals surface area (Å²) in [5, 5.41) is 6.07. The van der Waals surface area contributed by atoms with Crippen molar-refractivity contribution in [3.8, 4) is 33.6 Å². The molecule has 6 aromatic carbocycles. The van der Waals surface area contributed by atoms with Gasteiger partial charge in [-0.3, -0.25) is 9.91 Å². The lowest BCUT2D eigenvalue weighted by atomic mass is 9.98. The number of hydrogen-bond acceptors (Lipinski definition) is 4. The SMILES string of the molecule is C1=C(N2c3ccccc3-c3ccccc3-c3oc4ccccc4c32)N2C(c3ccccc3)N2C1c1ccc(-c2ccccc2)cc1. The number of hydrazine groups is 1. The second-order valence-electron chi connectivity index (χ2n) is 12.1. The molecular weight excluding hydrogens is 562 g/mol. The van der Waals surface area contributed by atoms with E-state index in [1.54, 1.807) is 0 Å². The van der Waals surface area contributed by atoms with Crippen molar-refractivity contribution in [1.82, 2.24) is 10.0 Å². The topological polar surface area (TPSA) is 22.4 Å². The molecule has 0 N–H and O–H groups in total. The van der Waals surface area contributed by atoms with Crippen LogP contribution < -0.4 is 4.90 Å². The summed E-state index contributed by atoms with van der Waals surface area (Å²) in [5.74, 6) is 2.04. The number of anilines is 2. The number of nitrogens with zero attached hydrogens (tertiary/aromatic N) is 3. The van der Waals surface area contributed by atoms with E-state index in [1.807, 2.05) is 0 Å². The first kappa shape index (κ1) is 25.5. The lowest BCUT2D eigenvalue weighted by Gasteiger charge is -2.27. The second-order valence-corrected chi connectivity index (χ2v) is 12.1. The molecule has 0 radical (unpaired) electrons. The van der Waals surface area contributed by atoms with Crippen LogP contribution in [0.4, 0.5) is 11.4 Å². The third kappa shape index (κ3) is 3.71. The highest BCUT2D eigenvalue weighted by molar-refractivity contribution is 6.08. The molecule has 218 valence electrons. The summed E-state index contributed by atoms with van der Waals surface area (Å²) in [6.07, 6.45) is 2.55. The van der Waals surface area contributed by atoms with Gasteiger partial charge in [-0.15, -0.1) is 0 Å². The van der Waals surface area contributed by atoms with Gasteiger partial charge in [0, 0.05) is 16.5 Å². The van der Waals surface area contributed by atoms with E-state index in [0.717, 1.165) is 39.5 Å². The molecule has 3 atom stereocenters. The fourth-order valence-electron chi connectivity index (χ4n) is 7.46. The van der Waals surface area contributed by atoms with E-state index in [0.29, 0.717) is 0 Å². The molecule has 46 heavy (non-hydrogen) atoms. The predicted molar refractivity (Wildman–Crippen MR) is 185 cm³/mol. The molecule has 7 aromatic rings. The van der Waals surface area contributed by atoms with Gasteiger partial charge in [0.1, 0.15) is 23.3 Å². The van der Waals surface area contributed by atoms with Crippen LogP contribution in [0.5, 0.6) is 0 Å². The molecule has 0 bridgehead atoms. The maximum atomic E-state index is 6.74. The van der Waals surface area contributed by atoms with Crippen LogP contribution in [0.2, 0.25) is 0 Å². The van der Waals surface area contributed by atoms with Gasteiger partial charge in [0.25, 0.3) is 0 Å². The summed E-state index contributed by atoms with van der Waals surface area (Å²) in [6.45, 7) is 0. The Bertz CT molecular complexity index is 2290. The normalized spacial score (nSPS) is 19.1. The van der Waals surface area contributed by atoms with Crippen molar-refractivity contribution in [1.29, 1.82) is 0 Å². The average Bonchev–Trinajstić information content (AvgIpc) is 3.61. The minimum Gasteiger partial charge on any atom is -0.454 e. The van der Waals surface area contributed by atoms with E-state index in [4.69, 9.17) is 4.42 Å². The van der Waals surface area contributed by atoms with Crippen LogP contribution in [0.25, 0.3) is 44.5 Å². The quantitative estimate of drug-likeness (QED) is 0.190. The van der Waals surface area contributed by atoms with Crippen molar-refractivity contribution in [2.45, 2.75) is 12.2 Å². The number of para-hydroxylation sites is 2. The zero-order valence-corrected chi connectivity index (χ0v) is 25.0. The van der Waals surface area contributed by atoms with Crippen LogP contribution in [-0.4, -0.2) is 10.0 Å². The predicted octanol–water partition coefficient (Wildman–Crippen LogP) is 10.7. The van der Waals surface area contributed by atoms with Gasteiger partial charge in [0.05, 0.1) is 11.7 Å². The van der Waals surface area contributed by atoms with Crippen LogP contribution in [0, 0.1) is 0 Å². The summed E-state index contributed by atoms with van der Waals surface area (Å²) in [6, 6.07) is 56.4. The Balaban J connectivity index is 1.19. The molecule has 1 aromatic heterocycles. The van der Waals surface area contributed by atoms with E-state index < -0.39 is 0 Å². The van der Waals surface area contributed by atoms with Gasteiger partial charge in [0.2, 0.25) is 0 Å². The Kier molecular flexibility index (Phi) is 5.45. The third-order valence-corrected chi connectivity index (χ3v) is 9.59. The van der Waals surface area contributed by atoms with Crippen molar-refractivity contribution in [2.75, 3.05) is 4.90 Å². The maximum Gasteiger partial charge on any atom is 0.160 e. The molecule has 4 nitrogen and oxygen atoms in total. The summed E-state index contributed by atoms with van der Waals surface area (Å²) in [5.41, 5.74) is 11.6. The molecular formula is C42H29N3O. The first-order valence-corrected chi connectivity index (χ1v) is 15.9. The summed E-state index contributed by atoms with van der Waals surface area (Å²) in [7, 11) is 0. The van der Waals surface area contributed by atoms with Gasteiger partial charge < -0.3 is 4.42 Å². The Morgan fingerprint density at radius 1 is 0.500 bits per heavy atom. The number of rotatable bonds is 4. The third-order valence-electron chi connectivity index (χ3n) is 9.59. The van der Waals surface area contributed by atoms with Crippen LogP contribution in [0.1, 0.15) is 23.3 Å². The van der Waals surface area contributed by atoms with Crippen LogP contribution in [-0.2, 0) is 0 Å². The minimum absolute atomic E-state index is 0.0736. The van der Waals surface area contributed by atoms with E-state index in [9.17, 15) is 0 Å². The number of fused-ring (bicyclic) bond motifs is 8. The van der Waals surface area contributed by atoms with E-state index >= 15 is 0 Å².